The van der Waals surface area contributed by atoms with Crippen molar-refractivity contribution in [2.45, 2.75) is 18.9 Å². The van der Waals surface area contributed by atoms with E-state index in [9.17, 15) is 8.42 Å². The van der Waals surface area contributed by atoms with E-state index in [-0.39, 0.29) is 0 Å². The van der Waals surface area contributed by atoms with Crippen molar-refractivity contribution in [3.05, 3.63) is 54.6 Å². The van der Waals surface area contributed by atoms with E-state index in [1.54, 1.807) is 12.1 Å². The molecule has 0 radical (unpaired) electrons. The molecule has 6 heteroatoms. The summed E-state index contributed by atoms with van der Waals surface area (Å²) in [5, 5.41) is 3.54. The van der Waals surface area contributed by atoms with Gasteiger partial charge < -0.3 is 10.2 Å². The fourth-order valence-corrected chi connectivity index (χ4v) is 3.57. The van der Waals surface area contributed by atoms with Gasteiger partial charge in [0.1, 0.15) is 0 Å². The largest absolute Gasteiger partial charge is 0.382 e. The summed E-state index contributed by atoms with van der Waals surface area (Å²) < 4.78 is 24.9. The fourth-order valence-electron chi connectivity index (χ4n) is 3.01. The van der Waals surface area contributed by atoms with Gasteiger partial charge in [0.25, 0.3) is 0 Å². The van der Waals surface area contributed by atoms with Crippen LogP contribution in [-0.2, 0) is 10.0 Å². The fraction of sp³-hybridized carbons (Fsp3) is 0.333. The van der Waals surface area contributed by atoms with E-state index in [1.165, 1.54) is 5.69 Å². The lowest BCUT2D eigenvalue weighted by Gasteiger charge is -2.34. The van der Waals surface area contributed by atoms with Crippen LogP contribution in [0.4, 0.5) is 17.1 Å². The number of hydrogen-bond acceptors (Lipinski definition) is 4. The van der Waals surface area contributed by atoms with Gasteiger partial charge >= 0.3 is 0 Å². The van der Waals surface area contributed by atoms with Gasteiger partial charge in [-0.25, -0.2) is 8.42 Å². The molecule has 0 spiro atoms. The van der Waals surface area contributed by atoms with Crippen LogP contribution in [0.5, 0.6) is 0 Å². The first-order valence-corrected chi connectivity index (χ1v) is 10.0. The van der Waals surface area contributed by atoms with Crippen molar-refractivity contribution in [2.75, 3.05) is 34.3 Å². The maximum atomic E-state index is 11.2. The first-order valence-electron chi connectivity index (χ1n) is 8.14. The molecule has 2 aromatic rings. The van der Waals surface area contributed by atoms with Crippen LogP contribution in [0.25, 0.3) is 0 Å². The number of sulfonamides is 1. The van der Waals surface area contributed by atoms with Gasteiger partial charge in [0, 0.05) is 36.2 Å². The molecule has 1 fully saturated rings. The van der Waals surface area contributed by atoms with Crippen molar-refractivity contribution in [3.8, 4) is 0 Å². The minimum Gasteiger partial charge on any atom is -0.382 e. The van der Waals surface area contributed by atoms with Crippen LogP contribution in [-0.4, -0.2) is 33.8 Å². The molecule has 1 aliphatic rings. The molecular weight excluding hydrogens is 322 g/mol. The van der Waals surface area contributed by atoms with E-state index in [0.29, 0.717) is 11.7 Å². The van der Waals surface area contributed by atoms with Crippen LogP contribution in [0, 0.1) is 0 Å². The minimum absolute atomic E-state index is 0.443. The Morgan fingerprint density at radius 2 is 1.50 bits per heavy atom. The van der Waals surface area contributed by atoms with Gasteiger partial charge in [0.15, 0.2) is 0 Å². The summed E-state index contributed by atoms with van der Waals surface area (Å²) in [6.07, 6.45) is 3.32. The summed E-state index contributed by atoms with van der Waals surface area (Å²) in [5.74, 6) is 0. The minimum atomic E-state index is -3.23. The summed E-state index contributed by atoms with van der Waals surface area (Å²) in [7, 11) is -3.23. The maximum Gasteiger partial charge on any atom is 0.229 e. The molecule has 0 bridgehead atoms. The van der Waals surface area contributed by atoms with Gasteiger partial charge in [-0.3, -0.25) is 4.72 Å². The zero-order chi connectivity index (χ0) is 17.0. The third-order valence-electron chi connectivity index (χ3n) is 4.18. The third-order valence-corrected chi connectivity index (χ3v) is 4.78. The number of hydrogen-bond donors (Lipinski definition) is 2. The quantitative estimate of drug-likeness (QED) is 0.874. The van der Waals surface area contributed by atoms with Crippen LogP contribution in [0.2, 0.25) is 0 Å². The van der Waals surface area contributed by atoms with Gasteiger partial charge in [0.05, 0.1) is 6.26 Å². The maximum absolute atomic E-state index is 11.2. The lowest BCUT2D eigenvalue weighted by atomic mass is 10.0. The number of nitrogens with zero attached hydrogens (tertiary/aromatic N) is 1. The van der Waals surface area contributed by atoms with Crippen molar-refractivity contribution < 1.29 is 8.42 Å². The second kappa shape index (κ2) is 7.13. The lowest BCUT2D eigenvalue weighted by molar-refractivity contribution is 0.527. The predicted molar refractivity (Wildman–Crippen MR) is 100 cm³/mol. The van der Waals surface area contributed by atoms with Crippen LogP contribution in [0.3, 0.4) is 0 Å². The zero-order valence-corrected chi connectivity index (χ0v) is 14.6. The molecule has 0 saturated carbocycles. The molecule has 5 nitrogen and oxygen atoms in total. The molecule has 0 aliphatic carbocycles. The summed E-state index contributed by atoms with van der Waals surface area (Å²) >= 11 is 0. The zero-order valence-electron chi connectivity index (χ0n) is 13.8. The molecule has 24 heavy (non-hydrogen) atoms. The Kier molecular flexibility index (Phi) is 4.94. The van der Waals surface area contributed by atoms with Crippen molar-refractivity contribution in [1.29, 1.82) is 0 Å². The van der Waals surface area contributed by atoms with E-state index in [2.05, 4.69) is 39.2 Å². The smallest absolute Gasteiger partial charge is 0.229 e. The molecule has 0 amide bonds. The Bertz CT molecular complexity index is 753. The molecule has 2 aromatic carbocycles. The van der Waals surface area contributed by atoms with Crippen LogP contribution in [0.15, 0.2) is 54.6 Å². The Labute approximate surface area is 143 Å². The number of anilines is 3. The van der Waals surface area contributed by atoms with E-state index in [0.717, 1.165) is 37.9 Å². The third kappa shape index (κ3) is 4.64. The van der Waals surface area contributed by atoms with Gasteiger partial charge in [-0.05, 0) is 49.2 Å². The number of rotatable bonds is 5. The van der Waals surface area contributed by atoms with Gasteiger partial charge in [0.2, 0.25) is 10.0 Å². The summed E-state index contributed by atoms with van der Waals surface area (Å²) in [5.41, 5.74) is 2.89. The van der Waals surface area contributed by atoms with Crippen LogP contribution in [0.1, 0.15) is 12.8 Å². The molecule has 3 rings (SSSR count). The van der Waals surface area contributed by atoms with Gasteiger partial charge in [-0.15, -0.1) is 0 Å². The van der Waals surface area contributed by atoms with Gasteiger partial charge in [-0.2, -0.15) is 0 Å². The van der Waals surface area contributed by atoms with Crippen molar-refractivity contribution >= 4 is 27.1 Å². The number of para-hydroxylation sites is 1. The second-order valence-corrected chi connectivity index (χ2v) is 7.94. The molecular formula is C18H23N3O2S. The lowest BCUT2D eigenvalue weighted by Crippen LogP contribution is -2.39. The number of benzene rings is 2. The molecule has 1 saturated heterocycles. The topological polar surface area (TPSA) is 61.4 Å². The molecule has 0 atom stereocenters. The summed E-state index contributed by atoms with van der Waals surface area (Å²) in [4.78, 5) is 2.41. The molecule has 0 aromatic heterocycles. The Morgan fingerprint density at radius 1 is 0.917 bits per heavy atom. The van der Waals surface area contributed by atoms with Crippen LogP contribution < -0.4 is 14.9 Å². The molecule has 1 aliphatic heterocycles. The molecule has 1 heterocycles. The Hall–Kier alpha value is -2.21. The number of piperidine rings is 1. The first-order chi connectivity index (χ1) is 11.5. The van der Waals surface area contributed by atoms with Crippen LogP contribution >= 0.6 is 0 Å². The van der Waals surface area contributed by atoms with E-state index in [1.807, 2.05) is 18.2 Å². The highest BCUT2D eigenvalue weighted by molar-refractivity contribution is 7.92. The molecule has 0 unspecified atom stereocenters. The highest BCUT2D eigenvalue weighted by Crippen LogP contribution is 2.22. The summed E-state index contributed by atoms with van der Waals surface area (Å²) in [6.45, 7) is 2.07. The highest BCUT2D eigenvalue weighted by Gasteiger charge is 2.19. The standard InChI is InChI=1S/C18H23N3O2S/c1-24(22,23)20-17-9-7-15(8-10-17)19-16-11-13-21(14-12-16)18-5-3-2-4-6-18/h2-10,16,19-20H,11-14H2,1H3. The highest BCUT2D eigenvalue weighted by atomic mass is 32.2. The van der Waals surface area contributed by atoms with Gasteiger partial charge in [-0.1, -0.05) is 18.2 Å². The summed E-state index contributed by atoms with van der Waals surface area (Å²) in [6, 6.07) is 18.3. The van der Waals surface area contributed by atoms with Crippen molar-refractivity contribution in [3.63, 3.8) is 0 Å². The molecule has 2 N–H and O–H groups in total. The Morgan fingerprint density at radius 3 is 2.08 bits per heavy atom. The monoisotopic (exact) mass is 345 g/mol. The first kappa shape index (κ1) is 16.6. The average molecular weight is 345 g/mol. The predicted octanol–water partition coefficient (Wildman–Crippen LogP) is 3.14. The SMILES string of the molecule is CS(=O)(=O)Nc1ccc(NC2CCN(c3ccccc3)CC2)cc1. The molecule has 128 valence electrons. The van der Waals surface area contributed by atoms with Crippen molar-refractivity contribution in [1.82, 2.24) is 0 Å². The van der Waals surface area contributed by atoms with E-state index >= 15 is 0 Å². The average Bonchev–Trinajstić information content (AvgIpc) is 2.57. The van der Waals surface area contributed by atoms with Crippen molar-refractivity contribution in [2.24, 2.45) is 0 Å². The number of nitrogens with one attached hydrogen (secondary N) is 2. The Balaban J connectivity index is 1.53. The normalized spacial score (nSPS) is 16.0. The van der Waals surface area contributed by atoms with E-state index in [4.69, 9.17) is 0 Å². The van der Waals surface area contributed by atoms with E-state index < -0.39 is 10.0 Å². The second-order valence-electron chi connectivity index (χ2n) is 6.19.